The molecule has 2 unspecified atom stereocenters. The van der Waals surface area contributed by atoms with Crippen molar-refractivity contribution in [3.8, 4) is 0 Å². The van der Waals surface area contributed by atoms with Crippen molar-refractivity contribution in [2.24, 2.45) is 10.9 Å². The van der Waals surface area contributed by atoms with E-state index in [9.17, 15) is 0 Å². The number of aliphatic imine (C=N–C) groups is 1. The summed E-state index contributed by atoms with van der Waals surface area (Å²) in [5.41, 5.74) is -0.0596. The predicted molar refractivity (Wildman–Crippen MR) is 99.5 cm³/mol. The van der Waals surface area contributed by atoms with E-state index in [1.54, 1.807) is 0 Å². The molecule has 0 saturated carbocycles. The van der Waals surface area contributed by atoms with E-state index in [2.05, 4.69) is 36.6 Å². The van der Waals surface area contributed by atoms with E-state index in [1.807, 2.05) is 0 Å². The molecule has 2 atom stereocenters. The van der Waals surface area contributed by atoms with Gasteiger partial charge in [0.1, 0.15) is 0 Å². The molecule has 2 aliphatic rings. The van der Waals surface area contributed by atoms with Gasteiger partial charge in [0.25, 0.3) is 0 Å². The van der Waals surface area contributed by atoms with Crippen LogP contribution in [0.15, 0.2) is 17.1 Å². The lowest BCUT2D eigenvalue weighted by Gasteiger charge is -2.23. The Morgan fingerprint density at radius 2 is 2.24 bits per heavy atom. The second-order valence-corrected chi connectivity index (χ2v) is 6.13. The normalized spacial score (nSPS) is 29.0. The number of ether oxygens (including phenoxy) is 1. The number of rotatable bonds is 5. The van der Waals surface area contributed by atoms with Crippen LogP contribution in [-0.4, -0.2) is 37.8 Å². The molecule has 21 heavy (non-hydrogen) atoms. The van der Waals surface area contributed by atoms with Crippen LogP contribution >= 0.6 is 24.0 Å². The first-order valence-electron chi connectivity index (χ1n) is 8.03. The molecule has 5 heteroatoms. The Hall–Kier alpha value is -0.300. The summed E-state index contributed by atoms with van der Waals surface area (Å²) in [5, 5.41) is 6.81. The zero-order valence-electron chi connectivity index (χ0n) is 13.4. The highest BCUT2D eigenvalue weighted by molar-refractivity contribution is 14.0. The van der Waals surface area contributed by atoms with Crippen molar-refractivity contribution in [3.05, 3.63) is 12.2 Å². The highest BCUT2D eigenvalue weighted by Crippen LogP contribution is 2.25. The molecule has 1 aliphatic carbocycles. The third-order valence-corrected chi connectivity index (χ3v) is 4.15. The second-order valence-electron chi connectivity index (χ2n) is 6.13. The summed E-state index contributed by atoms with van der Waals surface area (Å²) in [4.78, 5) is 4.70. The van der Waals surface area contributed by atoms with Crippen LogP contribution in [-0.2, 0) is 4.74 Å². The molecule has 122 valence electrons. The Morgan fingerprint density at radius 3 is 2.86 bits per heavy atom. The molecule has 1 aliphatic heterocycles. The Labute approximate surface area is 146 Å². The number of nitrogens with zero attached hydrogens (tertiary/aromatic N) is 1. The molecule has 1 fully saturated rings. The van der Waals surface area contributed by atoms with E-state index in [4.69, 9.17) is 9.73 Å². The van der Waals surface area contributed by atoms with Gasteiger partial charge in [0.15, 0.2) is 5.96 Å². The Balaban J connectivity index is 0.00000220. The van der Waals surface area contributed by atoms with Gasteiger partial charge in [-0.05, 0) is 51.9 Å². The molecule has 4 nitrogen and oxygen atoms in total. The monoisotopic (exact) mass is 407 g/mol. The molecule has 0 radical (unpaired) electrons. The van der Waals surface area contributed by atoms with E-state index in [-0.39, 0.29) is 29.6 Å². The lowest BCUT2D eigenvalue weighted by molar-refractivity contribution is 0.0283. The third-order valence-electron chi connectivity index (χ3n) is 4.15. The molecule has 0 aromatic rings. The molecule has 2 N–H and O–H groups in total. The van der Waals surface area contributed by atoms with Gasteiger partial charge in [0.05, 0.1) is 12.1 Å². The van der Waals surface area contributed by atoms with E-state index in [0.717, 1.165) is 51.0 Å². The molecule has 0 aromatic carbocycles. The second kappa shape index (κ2) is 9.66. The highest BCUT2D eigenvalue weighted by atomic mass is 127. The fourth-order valence-corrected chi connectivity index (χ4v) is 2.83. The maximum absolute atomic E-state index is 5.79. The lowest BCUT2D eigenvalue weighted by Crippen LogP contribution is -2.41. The average molecular weight is 407 g/mol. The zero-order chi connectivity index (χ0) is 14.3. The van der Waals surface area contributed by atoms with E-state index >= 15 is 0 Å². The van der Waals surface area contributed by atoms with Crippen molar-refractivity contribution in [3.63, 3.8) is 0 Å². The summed E-state index contributed by atoms with van der Waals surface area (Å²) >= 11 is 0. The van der Waals surface area contributed by atoms with Gasteiger partial charge in [-0.15, -0.1) is 24.0 Å². The van der Waals surface area contributed by atoms with Crippen LogP contribution in [0.4, 0.5) is 0 Å². The van der Waals surface area contributed by atoms with Gasteiger partial charge >= 0.3 is 0 Å². The summed E-state index contributed by atoms with van der Waals surface area (Å²) in [6, 6.07) is 0. The number of allylic oxidation sites excluding steroid dienone is 2. The van der Waals surface area contributed by atoms with Crippen molar-refractivity contribution >= 4 is 29.9 Å². The maximum Gasteiger partial charge on any atom is 0.191 e. The minimum atomic E-state index is -0.0596. The van der Waals surface area contributed by atoms with E-state index in [0.29, 0.717) is 0 Å². The quantitative estimate of drug-likeness (QED) is 0.319. The Morgan fingerprint density at radius 1 is 1.38 bits per heavy atom. The lowest BCUT2D eigenvalue weighted by atomic mass is 9.94. The van der Waals surface area contributed by atoms with Crippen LogP contribution in [0.5, 0.6) is 0 Å². The summed E-state index contributed by atoms with van der Waals surface area (Å²) in [6.45, 7) is 7.80. The number of halogens is 1. The van der Waals surface area contributed by atoms with Gasteiger partial charge in [-0.25, -0.2) is 0 Å². The molecular formula is C16H30IN3O. The van der Waals surface area contributed by atoms with E-state index in [1.165, 1.54) is 19.3 Å². The summed E-state index contributed by atoms with van der Waals surface area (Å²) in [6.07, 6.45) is 10.5. The first-order valence-corrected chi connectivity index (χ1v) is 8.03. The summed E-state index contributed by atoms with van der Waals surface area (Å²) in [5.74, 6) is 1.67. The van der Waals surface area contributed by atoms with Gasteiger partial charge in [-0.2, -0.15) is 0 Å². The molecule has 1 saturated heterocycles. The number of nitrogens with one attached hydrogen (secondary N) is 2. The minimum Gasteiger partial charge on any atom is -0.373 e. The fourth-order valence-electron chi connectivity index (χ4n) is 2.83. The highest BCUT2D eigenvalue weighted by Gasteiger charge is 2.29. The topological polar surface area (TPSA) is 45.7 Å². The van der Waals surface area contributed by atoms with Crippen LogP contribution < -0.4 is 10.6 Å². The molecular weight excluding hydrogens is 377 g/mol. The van der Waals surface area contributed by atoms with Gasteiger partial charge in [0.2, 0.25) is 0 Å². The number of hydrogen-bond donors (Lipinski definition) is 2. The van der Waals surface area contributed by atoms with Gasteiger partial charge in [-0.1, -0.05) is 12.2 Å². The molecule has 0 aromatic heterocycles. The minimum absolute atomic E-state index is 0. The van der Waals surface area contributed by atoms with E-state index < -0.39 is 0 Å². The number of guanidine groups is 1. The van der Waals surface area contributed by atoms with Crippen molar-refractivity contribution in [2.75, 3.05) is 26.2 Å². The predicted octanol–water partition coefficient (Wildman–Crippen LogP) is 3.08. The van der Waals surface area contributed by atoms with Crippen molar-refractivity contribution in [1.29, 1.82) is 0 Å². The SMILES string of the molecule is CCNC(=NCC1(C)CCCO1)NCC1CC=CCC1.I. The first-order chi connectivity index (χ1) is 9.72. The van der Waals surface area contributed by atoms with Crippen LogP contribution in [0.2, 0.25) is 0 Å². The van der Waals surface area contributed by atoms with Crippen LogP contribution in [0.25, 0.3) is 0 Å². The molecule has 2 rings (SSSR count). The molecule has 0 bridgehead atoms. The number of hydrogen-bond acceptors (Lipinski definition) is 2. The first kappa shape index (κ1) is 18.7. The molecule has 0 spiro atoms. The standard InChI is InChI=1S/C16H29N3O.HI/c1-3-17-15(18-12-14-8-5-4-6-9-14)19-13-16(2)10-7-11-20-16;/h4-5,14H,3,6-13H2,1-2H3,(H2,17,18,19);1H. The van der Waals surface area contributed by atoms with Crippen LogP contribution in [0.1, 0.15) is 46.0 Å². The molecule has 1 heterocycles. The third kappa shape index (κ3) is 6.55. The molecule has 0 amide bonds. The van der Waals surface area contributed by atoms with Gasteiger partial charge < -0.3 is 15.4 Å². The largest absolute Gasteiger partial charge is 0.373 e. The zero-order valence-corrected chi connectivity index (χ0v) is 15.7. The van der Waals surface area contributed by atoms with Crippen LogP contribution in [0.3, 0.4) is 0 Å². The maximum atomic E-state index is 5.79. The average Bonchev–Trinajstić information content (AvgIpc) is 2.90. The van der Waals surface area contributed by atoms with Gasteiger partial charge in [0, 0.05) is 19.7 Å². The Kier molecular flexibility index (Phi) is 8.63. The smallest absolute Gasteiger partial charge is 0.191 e. The van der Waals surface area contributed by atoms with Crippen molar-refractivity contribution in [1.82, 2.24) is 10.6 Å². The van der Waals surface area contributed by atoms with Gasteiger partial charge in [-0.3, -0.25) is 4.99 Å². The summed E-state index contributed by atoms with van der Waals surface area (Å²) in [7, 11) is 0. The van der Waals surface area contributed by atoms with Crippen LogP contribution in [0, 0.1) is 5.92 Å². The van der Waals surface area contributed by atoms with Crippen molar-refractivity contribution in [2.45, 2.75) is 51.6 Å². The van der Waals surface area contributed by atoms with Crippen molar-refractivity contribution < 1.29 is 4.74 Å². The Bertz CT molecular complexity index is 351. The summed E-state index contributed by atoms with van der Waals surface area (Å²) < 4.78 is 5.79. The fraction of sp³-hybridized carbons (Fsp3) is 0.812.